The third-order valence-electron chi connectivity index (χ3n) is 4.26. The van der Waals surface area contributed by atoms with Gasteiger partial charge in [0, 0.05) is 11.6 Å². The van der Waals surface area contributed by atoms with Gasteiger partial charge in [-0.25, -0.2) is 0 Å². The van der Waals surface area contributed by atoms with Crippen molar-refractivity contribution in [3.63, 3.8) is 0 Å². The Bertz CT molecular complexity index is 859. The van der Waals surface area contributed by atoms with Gasteiger partial charge in [-0.15, -0.1) is 0 Å². The van der Waals surface area contributed by atoms with E-state index in [1.807, 2.05) is 0 Å². The van der Waals surface area contributed by atoms with Crippen LogP contribution in [0.4, 0.5) is 18.9 Å². The van der Waals surface area contributed by atoms with Crippen molar-refractivity contribution in [1.29, 1.82) is 0 Å². The molecule has 2 aromatic carbocycles. The quantitative estimate of drug-likeness (QED) is 0.605. The zero-order valence-electron chi connectivity index (χ0n) is 15.8. The minimum Gasteiger partial charge on any atom is -0.347 e. The number of carbonyl (C=O) groups is 2. The normalized spacial score (nSPS) is 12.3. The number of amides is 2. The fourth-order valence-corrected chi connectivity index (χ4v) is 2.90. The van der Waals surface area contributed by atoms with Gasteiger partial charge < -0.3 is 15.5 Å². The number of nitrogens with one attached hydrogen (secondary N) is 3. The molecule has 3 N–H and O–H groups in total. The molecule has 0 saturated carbocycles. The number of carbonyl (C=O) groups excluding carboxylic acids is 2. The lowest BCUT2D eigenvalue weighted by Crippen LogP contribution is -3.14. The van der Waals surface area contributed by atoms with E-state index in [1.54, 1.807) is 31.2 Å². The summed E-state index contributed by atoms with van der Waals surface area (Å²) in [6, 6.07) is 11.9. The number of quaternary nitrogens is 1. The van der Waals surface area contributed by atoms with Crippen molar-refractivity contribution in [2.45, 2.75) is 19.6 Å². The van der Waals surface area contributed by atoms with E-state index in [0.717, 1.165) is 11.6 Å². The fourth-order valence-electron chi connectivity index (χ4n) is 2.70. The minimum atomic E-state index is -4.57. The Morgan fingerprint density at radius 1 is 1.00 bits per heavy atom. The molecule has 0 fully saturated rings. The van der Waals surface area contributed by atoms with Crippen LogP contribution < -0.4 is 15.5 Å². The predicted octanol–water partition coefficient (Wildman–Crippen LogP) is 2.52. The van der Waals surface area contributed by atoms with Crippen molar-refractivity contribution in [3.05, 3.63) is 64.7 Å². The first-order chi connectivity index (χ1) is 13.7. The van der Waals surface area contributed by atoms with Gasteiger partial charge in [0.1, 0.15) is 0 Å². The molecule has 1 unspecified atom stereocenters. The van der Waals surface area contributed by atoms with Gasteiger partial charge in [-0.05, 0) is 30.7 Å². The number of hydrogen-bond donors (Lipinski definition) is 3. The summed E-state index contributed by atoms with van der Waals surface area (Å²) < 4.78 is 39.1. The van der Waals surface area contributed by atoms with E-state index in [1.165, 1.54) is 18.2 Å². The second-order valence-corrected chi connectivity index (χ2v) is 6.82. The smallest absolute Gasteiger partial charge is 0.347 e. The number of para-hydroxylation sites is 1. The lowest BCUT2D eigenvalue weighted by molar-refractivity contribution is -0.881. The Hall–Kier alpha value is -2.58. The average molecular weight is 429 g/mol. The SMILES string of the molecule is CC[NH+](CC(=O)NCc1ccccc1Cl)CC(=O)Nc1ccccc1C(F)(F)F. The standard InChI is InChI=1S/C20H21ClF3N3O2/c1-2-27(12-18(28)25-11-14-7-3-5-9-16(14)21)13-19(29)26-17-10-6-4-8-15(17)20(22,23)24/h3-10H,2,11-13H2,1H3,(H,25,28)(H,26,29)/p+1. The largest absolute Gasteiger partial charge is 0.418 e. The highest BCUT2D eigenvalue weighted by atomic mass is 35.5. The molecule has 0 saturated heterocycles. The molecule has 2 amide bonds. The molecule has 0 bridgehead atoms. The molecule has 0 aliphatic heterocycles. The molecule has 2 rings (SSSR count). The lowest BCUT2D eigenvalue weighted by atomic mass is 10.1. The first kappa shape index (κ1) is 22.7. The Kier molecular flexibility index (Phi) is 8.04. The Balaban J connectivity index is 1.90. The zero-order valence-corrected chi connectivity index (χ0v) is 16.5. The van der Waals surface area contributed by atoms with Crippen LogP contribution in [-0.2, 0) is 22.3 Å². The second kappa shape index (κ2) is 10.3. The molecule has 9 heteroatoms. The molecule has 0 radical (unpaired) electrons. The van der Waals surface area contributed by atoms with Crippen LogP contribution in [0.5, 0.6) is 0 Å². The summed E-state index contributed by atoms with van der Waals surface area (Å²) in [6.45, 7) is 2.36. The number of benzene rings is 2. The molecule has 1 atom stereocenters. The van der Waals surface area contributed by atoms with Crippen LogP contribution in [0.25, 0.3) is 0 Å². The highest BCUT2D eigenvalue weighted by Gasteiger charge is 2.33. The topological polar surface area (TPSA) is 62.6 Å². The second-order valence-electron chi connectivity index (χ2n) is 6.42. The van der Waals surface area contributed by atoms with E-state index < -0.39 is 17.6 Å². The third kappa shape index (κ3) is 7.07. The van der Waals surface area contributed by atoms with E-state index in [-0.39, 0.29) is 31.2 Å². The van der Waals surface area contributed by atoms with Gasteiger partial charge in [0.15, 0.2) is 13.1 Å². The maximum absolute atomic E-state index is 13.0. The predicted molar refractivity (Wildman–Crippen MR) is 105 cm³/mol. The van der Waals surface area contributed by atoms with Crippen LogP contribution in [-0.4, -0.2) is 31.4 Å². The number of hydrogen-bond acceptors (Lipinski definition) is 2. The summed E-state index contributed by atoms with van der Waals surface area (Å²) in [5.41, 5.74) is -0.449. The first-order valence-electron chi connectivity index (χ1n) is 9.00. The van der Waals surface area contributed by atoms with Crippen molar-refractivity contribution < 1.29 is 27.7 Å². The van der Waals surface area contributed by atoms with E-state index in [0.29, 0.717) is 16.5 Å². The molecule has 0 spiro atoms. The van der Waals surface area contributed by atoms with Crippen LogP contribution >= 0.6 is 11.6 Å². The number of anilines is 1. The van der Waals surface area contributed by atoms with Gasteiger partial charge >= 0.3 is 6.18 Å². The zero-order chi connectivity index (χ0) is 21.4. The maximum Gasteiger partial charge on any atom is 0.418 e. The summed E-state index contributed by atoms with van der Waals surface area (Å²) in [5, 5.41) is 5.56. The van der Waals surface area contributed by atoms with Crippen LogP contribution in [0.2, 0.25) is 5.02 Å². The van der Waals surface area contributed by atoms with Crippen molar-refractivity contribution in [1.82, 2.24) is 5.32 Å². The molecular weight excluding hydrogens is 407 g/mol. The van der Waals surface area contributed by atoms with Crippen LogP contribution in [0, 0.1) is 0 Å². The first-order valence-corrected chi connectivity index (χ1v) is 9.38. The van der Waals surface area contributed by atoms with Gasteiger partial charge in [0.25, 0.3) is 11.8 Å². The van der Waals surface area contributed by atoms with Crippen molar-refractivity contribution in [3.8, 4) is 0 Å². The molecule has 0 aliphatic rings. The molecule has 29 heavy (non-hydrogen) atoms. The molecular formula is C20H22ClF3N3O2+. The molecule has 156 valence electrons. The van der Waals surface area contributed by atoms with E-state index in [2.05, 4.69) is 10.6 Å². The van der Waals surface area contributed by atoms with E-state index >= 15 is 0 Å². The maximum atomic E-state index is 13.0. The van der Waals surface area contributed by atoms with Crippen LogP contribution in [0.1, 0.15) is 18.1 Å². The number of likely N-dealkylation sites (N-methyl/N-ethyl adjacent to an activating group) is 1. The van der Waals surface area contributed by atoms with Crippen molar-refractivity contribution >= 4 is 29.1 Å². The van der Waals surface area contributed by atoms with Crippen molar-refractivity contribution in [2.75, 3.05) is 25.0 Å². The summed E-state index contributed by atoms with van der Waals surface area (Å²) in [5.74, 6) is -0.886. The van der Waals surface area contributed by atoms with Gasteiger partial charge in [0.05, 0.1) is 17.8 Å². The van der Waals surface area contributed by atoms with E-state index in [4.69, 9.17) is 11.6 Å². The molecule has 5 nitrogen and oxygen atoms in total. The van der Waals surface area contributed by atoms with E-state index in [9.17, 15) is 22.8 Å². The summed E-state index contributed by atoms with van der Waals surface area (Å²) >= 11 is 6.04. The summed E-state index contributed by atoms with van der Waals surface area (Å²) in [4.78, 5) is 25.0. The van der Waals surface area contributed by atoms with Gasteiger partial charge in [-0.2, -0.15) is 13.2 Å². The van der Waals surface area contributed by atoms with Gasteiger partial charge in [-0.1, -0.05) is 41.9 Å². The Labute approximate surface area is 171 Å². The van der Waals surface area contributed by atoms with Crippen LogP contribution in [0.3, 0.4) is 0 Å². The highest BCUT2D eigenvalue weighted by molar-refractivity contribution is 6.31. The third-order valence-corrected chi connectivity index (χ3v) is 4.63. The number of halogens is 4. The minimum absolute atomic E-state index is 0.00922. The van der Waals surface area contributed by atoms with Gasteiger partial charge in [-0.3, -0.25) is 9.59 Å². The van der Waals surface area contributed by atoms with Crippen molar-refractivity contribution in [2.24, 2.45) is 0 Å². The molecule has 0 aliphatic carbocycles. The molecule has 2 aromatic rings. The monoisotopic (exact) mass is 428 g/mol. The Morgan fingerprint density at radius 3 is 2.28 bits per heavy atom. The highest BCUT2D eigenvalue weighted by Crippen LogP contribution is 2.34. The number of rotatable bonds is 8. The lowest BCUT2D eigenvalue weighted by Gasteiger charge is -2.18. The molecule has 0 aromatic heterocycles. The fraction of sp³-hybridized carbons (Fsp3) is 0.300. The summed E-state index contributed by atoms with van der Waals surface area (Å²) in [6.07, 6.45) is -4.57. The average Bonchev–Trinajstić information content (AvgIpc) is 2.66. The Morgan fingerprint density at radius 2 is 1.62 bits per heavy atom. The summed E-state index contributed by atoms with van der Waals surface area (Å²) in [7, 11) is 0. The number of alkyl halides is 3. The molecule has 0 heterocycles. The van der Waals surface area contributed by atoms with Crippen LogP contribution in [0.15, 0.2) is 48.5 Å². The van der Waals surface area contributed by atoms with Gasteiger partial charge in [0.2, 0.25) is 0 Å².